The van der Waals surface area contributed by atoms with Gasteiger partial charge in [0.05, 0.1) is 5.69 Å². The molecule has 6 nitrogen and oxygen atoms in total. The molecule has 0 N–H and O–H groups in total. The van der Waals surface area contributed by atoms with Gasteiger partial charge in [0.15, 0.2) is 0 Å². The summed E-state index contributed by atoms with van der Waals surface area (Å²) < 4.78 is 17.5. The molecule has 0 radical (unpaired) electrons. The monoisotopic (exact) mass is 360 g/mol. The number of ether oxygens (including phenoxy) is 2. The topological polar surface area (TPSA) is 66.5 Å². The van der Waals surface area contributed by atoms with Crippen molar-refractivity contribution in [1.82, 2.24) is 9.78 Å². The molecule has 0 amide bonds. The van der Waals surface area contributed by atoms with Gasteiger partial charge in [-0.15, -0.1) is 0 Å². The fourth-order valence-electron chi connectivity index (χ4n) is 2.48. The van der Waals surface area contributed by atoms with Crippen molar-refractivity contribution < 1.29 is 13.9 Å². The largest absolute Gasteiger partial charge is 0.489 e. The Morgan fingerprint density at radius 2 is 1.44 bits per heavy atom. The second-order valence-electron chi connectivity index (χ2n) is 5.73. The highest BCUT2D eigenvalue weighted by molar-refractivity contribution is 5.33. The summed E-state index contributed by atoms with van der Waals surface area (Å²) in [6.07, 6.45) is -0.123. The molecule has 134 valence electrons. The van der Waals surface area contributed by atoms with Crippen LogP contribution in [0.1, 0.15) is 5.56 Å². The van der Waals surface area contributed by atoms with Gasteiger partial charge in [-0.3, -0.25) is 0 Å². The molecule has 0 aliphatic carbocycles. The van der Waals surface area contributed by atoms with Crippen molar-refractivity contribution >= 4 is 0 Å². The van der Waals surface area contributed by atoms with Crippen molar-refractivity contribution in [1.29, 1.82) is 0 Å². The van der Waals surface area contributed by atoms with Crippen LogP contribution < -0.4 is 15.2 Å². The highest BCUT2D eigenvalue weighted by Crippen LogP contribution is 2.23. The van der Waals surface area contributed by atoms with Crippen molar-refractivity contribution in [3.05, 3.63) is 101 Å². The van der Waals surface area contributed by atoms with Gasteiger partial charge >= 0.3 is 11.8 Å². The number of benzene rings is 3. The molecule has 0 aliphatic rings. The average molecular weight is 360 g/mol. The van der Waals surface area contributed by atoms with Crippen molar-refractivity contribution in [3.8, 4) is 23.3 Å². The molecule has 0 aliphatic heterocycles. The molecule has 0 unspecified atom stereocenters. The second-order valence-corrected chi connectivity index (χ2v) is 5.73. The summed E-state index contributed by atoms with van der Waals surface area (Å²) in [5.74, 6) is 0.588. The molecule has 27 heavy (non-hydrogen) atoms. The first-order valence-corrected chi connectivity index (χ1v) is 8.38. The van der Waals surface area contributed by atoms with Gasteiger partial charge < -0.3 is 13.9 Å². The SMILES string of the molecule is O=c1oc(Oc2ccc(OCc3ccccc3)cc2)nn1-c1ccccc1. The molecule has 4 aromatic rings. The Morgan fingerprint density at radius 3 is 2.15 bits per heavy atom. The van der Waals surface area contributed by atoms with Gasteiger partial charge in [0, 0.05) is 0 Å². The Balaban J connectivity index is 1.42. The Morgan fingerprint density at radius 1 is 0.815 bits per heavy atom. The molecular weight excluding hydrogens is 344 g/mol. The van der Waals surface area contributed by atoms with E-state index in [9.17, 15) is 4.79 Å². The van der Waals surface area contributed by atoms with E-state index < -0.39 is 5.76 Å². The van der Waals surface area contributed by atoms with Crippen LogP contribution in [0, 0.1) is 0 Å². The van der Waals surface area contributed by atoms with Gasteiger partial charge in [-0.2, -0.15) is 4.68 Å². The number of hydrogen-bond donors (Lipinski definition) is 0. The van der Waals surface area contributed by atoms with E-state index in [0.29, 0.717) is 23.8 Å². The van der Waals surface area contributed by atoms with Crippen LogP contribution in [0.25, 0.3) is 5.69 Å². The smallest absolute Gasteiger partial charge is 0.444 e. The lowest BCUT2D eigenvalue weighted by molar-refractivity contribution is 0.303. The Bertz CT molecular complexity index is 1050. The molecule has 0 spiro atoms. The average Bonchev–Trinajstić information content (AvgIpc) is 3.09. The lowest BCUT2D eigenvalue weighted by atomic mass is 10.2. The van der Waals surface area contributed by atoms with Crippen LogP contribution in [-0.4, -0.2) is 9.78 Å². The van der Waals surface area contributed by atoms with Crippen LogP contribution >= 0.6 is 0 Å². The van der Waals surface area contributed by atoms with E-state index in [2.05, 4.69) is 5.10 Å². The Hall–Kier alpha value is -3.80. The van der Waals surface area contributed by atoms with E-state index in [1.807, 2.05) is 48.5 Å². The van der Waals surface area contributed by atoms with Gasteiger partial charge in [0.2, 0.25) is 0 Å². The fourth-order valence-corrected chi connectivity index (χ4v) is 2.48. The summed E-state index contributed by atoms with van der Waals surface area (Å²) in [7, 11) is 0. The maximum absolute atomic E-state index is 11.9. The molecular formula is C21H16N2O4. The first kappa shape index (κ1) is 16.7. The van der Waals surface area contributed by atoms with E-state index in [1.54, 1.807) is 36.4 Å². The quantitative estimate of drug-likeness (QED) is 0.516. The zero-order valence-corrected chi connectivity index (χ0v) is 14.3. The van der Waals surface area contributed by atoms with Crippen LogP contribution in [0.4, 0.5) is 0 Å². The highest BCUT2D eigenvalue weighted by atomic mass is 16.6. The van der Waals surface area contributed by atoms with Crippen LogP contribution in [0.2, 0.25) is 0 Å². The lowest BCUT2D eigenvalue weighted by Crippen LogP contribution is -2.12. The molecule has 0 saturated heterocycles. The zero-order valence-electron chi connectivity index (χ0n) is 14.3. The molecule has 0 atom stereocenters. The van der Waals surface area contributed by atoms with Crippen LogP contribution in [-0.2, 0) is 6.61 Å². The minimum Gasteiger partial charge on any atom is -0.489 e. The van der Waals surface area contributed by atoms with Crippen molar-refractivity contribution in [2.45, 2.75) is 6.61 Å². The van der Waals surface area contributed by atoms with E-state index in [0.717, 1.165) is 10.2 Å². The third-order valence-corrected chi connectivity index (χ3v) is 3.81. The number of rotatable bonds is 6. The Kier molecular flexibility index (Phi) is 4.70. The first-order chi connectivity index (χ1) is 13.3. The van der Waals surface area contributed by atoms with Crippen molar-refractivity contribution in [2.24, 2.45) is 0 Å². The third kappa shape index (κ3) is 4.07. The summed E-state index contributed by atoms with van der Waals surface area (Å²) in [6, 6.07) is 25.9. The maximum Gasteiger partial charge on any atom is 0.444 e. The lowest BCUT2D eigenvalue weighted by Gasteiger charge is -2.07. The van der Waals surface area contributed by atoms with Gasteiger partial charge in [-0.25, -0.2) is 4.79 Å². The fraction of sp³-hybridized carbons (Fsp3) is 0.0476. The number of hydrogen-bond acceptors (Lipinski definition) is 5. The predicted molar refractivity (Wildman–Crippen MR) is 99.4 cm³/mol. The van der Waals surface area contributed by atoms with E-state index in [-0.39, 0.29) is 6.08 Å². The summed E-state index contributed by atoms with van der Waals surface area (Å²) in [6.45, 7) is 0.484. The summed E-state index contributed by atoms with van der Waals surface area (Å²) >= 11 is 0. The summed E-state index contributed by atoms with van der Waals surface area (Å²) in [4.78, 5) is 11.9. The van der Waals surface area contributed by atoms with E-state index in [4.69, 9.17) is 13.9 Å². The minimum atomic E-state index is -0.612. The van der Waals surface area contributed by atoms with E-state index in [1.165, 1.54) is 0 Å². The van der Waals surface area contributed by atoms with Gasteiger partial charge in [0.25, 0.3) is 0 Å². The van der Waals surface area contributed by atoms with Gasteiger partial charge in [-0.1, -0.05) is 53.6 Å². The molecule has 1 heterocycles. The second kappa shape index (κ2) is 7.61. The highest BCUT2D eigenvalue weighted by Gasteiger charge is 2.11. The maximum atomic E-state index is 11.9. The predicted octanol–water partition coefficient (Wildman–Crippen LogP) is 4.20. The molecule has 0 saturated carbocycles. The van der Waals surface area contributed by atoms with E-state index >= 15 is 0 Å². The number of para-hydroxylation sites is 1. The van der Waals surface area contributed by atoms with Gasteiger partial charge in [-0.05, 0) is 42.0 Å². The zero-order chi connectivity index (χ0) is 18.5. The summed E-state index contributed by atoms with van der Waals surface area (Å²) in [5.41, 5.74) is 1.69. The number of nitrogens with zero attached hydrogens (tertiary/aromatic N) is 2. The third-order valence-electron chi connectivity index (χ3n) is 3.81. The summed E-state index contributed by atoms with van der Waals surface area (Å²) in [5, 5.41) is 4.06. The molecule has 4 rings (SSSR count). The van der Waals surface area contributed by atoms with Crippen molar-refractivity contribution in [2.75, 3.05) is 0 Å². The van der Waals surface area contributed by atoms with Gasteiger partial charge in [0.1, 0.15) is 18.1 Å². The van der Waals surface area contributed by atoms with Crippen LogP contribution in [0.15, 0.2) is 94.1 Å². The van der Waals surface area contributed by atoms with Crippen LogP contribution in [0.3, 0.4) is 0 Å². The molecule has 6 heteroatoms. The molecule has 3 aromatic carbocycles. The minimum absolute atomic E-state index is 0.123. The van der Waals surface area contributed by atoms with Crippen LogP contribution in [0.5, 0.6) is 17.6 Å². The standard InChI is InChI=1S/C21H16N2O4/c24-21-23(17-9-5-2-6-10-17)22-20(27-21)26-19-13-11-18(12-14-19)25-15-16-7-3-1-4-8-16/h1-14H,15H2. The molecule has 0 fully saturated rings. The molecule has 0 bridgehead atoms. The number of aromatic nitrogens is 2. The Labute approximate surface area is 155 Å². The molecule has 1 aromatic heterocycles. The first-order valence-electron chi connectivity index (χ1n) is 8.38. The van der Waals surface area contributed by atoms with Crippen molar-refractivity contribution in [3.63, 3.8) is 0 Å². The normalized spacial score (nSPS) is 10.5.